The quantitative estimate of drug-likeness (QED) is 0.745. The molecule has 1 N–H and O–H groups in total. The first-order chi connectivity index (χ1) is 12.2. The standard InChI is InChI=1S/C18H22BrN3O3/c1-2-20-18(23)17-16(15(11-19)25-21-17)14-5-3-13(4-6-14)12-22-7-9-24-10-8-22/h3-6H,2,7-12H2,1H3,(H,20,23). The number of alkyl halides is 1. The molecule has 7 heteroatoms. The zero-order valence-corrected chi connectivity index (χ0v) is 15.8. The van der Waals surface area contributed by atoms with E-state index >= 15 is 0 Å². The van der Waals surface area contributed by atoms with Crippen LogP contribution in [0.1, 0.15) is 28.7 Å². The molecule has 0 spiro atoms. The molecule has 6 nitrogen and oxygen atoms in total. The van der Waals surface area contributed by atoms with E-state index in [0.717, 1.165) is 44.0 Å². The Morgan fingerprint density at radius 1 is 1.28 bits per heavy atom. The van der Waals surface area contributed by atoms with Gasteiger partial charge in [0, 0.05) is 26.2 Å². The number of hydrogen-bond acceptors (Lipinski definition) is 5. The van der Waals surface area contributed by atoms with Gasteiger partial charge in [0.25, 0.3) is 5.91 Å². The van der Waals surface area contributed by atoms with Gasteiger partial charge in [-0.15, -0.1) is 0 Å². The van der Waals surface area contributed by atoms with E-state index in [9.17, 15) is 4.79 Å². The van der Waals surface area contributed by atoms with Crippen LogP contribution in [0.5, 0.6) is 0 Å². The number of nitrogens with zero attached hydrogens (tertiary/aromatic N) is 2. The summed E-state index contributed by atoms with van der Waals surface area (Å²) >= 11 is 3.40. The Bertz CT molecular complexity index is 709. The smallest absolute Gasteiger partial charge is 0.274 e. The van der Waals surface area contributed by atoms with E-state index in [0.29, 0.717) is 23.3 Å². The predicted molar refractivity (Wildman–Crippen MR) is 98.7 cm³/mol. The van der Waals surface area contributed by atoms with Gasteiger partial charge in [-0.05, 0) is 18.1 Å². The average Bonchev–Trinajstić information content (AvgIpc) is 3.08. The van der Waals surface area contributed by atoms with Gasteiger partial charge in [-0.1, -0.05) is 45.4 Å². The number of amides is 1. The van der Waals surface area contributed by atoms with Crippen molar-refractivity contribution in [3.63, 3.8) is 0 Å². The van der Waals surface area contributed by atoms with Gasteiger partial charge in [-0.25, -0.2) is 0 Å². The van der Waals surface area contributed by atoms with Crippen LogP contribution in [0, 0.1) is 0 Å². The van der Waals surface area contributed by atoms with Gasteiger partial charge < -0.3 is 14.6 Å². The highest BCUT2D eigenvalue weighted by molar-refractivity contribution is 9.08. The van der Waals surface area contributed by atoms with Gasteiger partial charge in [-0.2, -0.15) is 0 Å². The molecule has 0 atom stereocenters. The molecule has 1 fully saturated rings. The molecule has 1 aliphatic heterocycles. The van der Waals surface area contributed by atoms with Crippen molar-refractivity contribution in [1.29, 1.82) is 0 Å². The van der Waals surface area contributed by atoms with Crippen LogP contribution in [0.4, 0.5) is 0 Å². The lowest BCUT2D eigenvalue weighted by molar-refractivity contribution is 0.0342. The Morgan fingerprint density at radius 3 is 2.64 bits per heavy atom. The predicted octanol–water partition coefficient (Wildman–Crippen LogP) is 2.82. The topological polar surface area (TPSA) is 67.6 Å². The number of carbonyl (C=O) groups is 1. The van der Waals surface area contributed by atoms with Crippen LogP contribution in [-0.2, 0) is 16.6 Å². The number of halogens is 1. The second kappa shape index (κ2) is 8.60. The lowest BCUT2D eigenvalue weighted by atomic mass is 10.0. The summed E-state index contributed by atoms with van der Waals surface area (Å²) in [6.07, 6.45) is 0. The number of nitrogens with one attached hydrogen (secondary N) is 1. The molecule has 1 aromatic heterocycles. The number of morpholine rings is 1. The van der Waals surface area contributed by atoms with Crippen molar-refractivity contribution in [2.75, 3.05) is 32.8 Å². The largest absolute Gasteiger partial charge is 0.379 e. The number of ether oxygens (including phenoxy) is 1. The lowest BCUT2D eigenvalue weighted by Crippen LogP contribution is -2.35. The van der Waals surface area contributed by atoms with Crippen LogP contribution in [0.2, 0.25) is 0 Å². The monoisotopic (exact) mass is 407 g/mol. The van der Waals surface area contributed by atoms with Crippen molar-refractivity contribution in [3.05, 3.63) is 41.3 Å². The van der Waals surface area contributed by atoms with Crippen LogP contribution in [-0.4, -0.2) is 48.8 Å². The molecule has 2 heterocycles. The van der Waals surface area contributed by atoms with E-state index in [1.54, 1.807) is 0 Å². The van der Waals surface area contributed by atoms with Crippen LogP contribution >= 0.6 is 15.9 Å². The number of rotatable bonds is 6. The summed E-state index contributed by atoms with van der Waals surface area (Å²) in [6, 6.07) is 8.24. The van der Waals surface area contributed by atoms with Crippen LogP contribution in [0.15, 0.2) is 28.8 Å². The summed E-state index contributed by atoms with van der Waals surface area (Å²) in [6.45, 7) is 6.84. The highest BCUT2D eigenvalue weighted by atomic mass is 79.9. The summed E-state index contributed by atoms with van der Waals surface area (Å²) in [4.78, 5) is 14.6. The molecule has 1 saturated heterocycles. The van der Waals surface area contributed by atoms with Crippen molar-refractivity contribution < 1.29 is 14.1 Å². The Morgan fingerprint density at radius 2 is 2.00 bits per heavy atom. The first kappa shape index (κ1) is 18.1. The van der Waals surface area contributed by atoms with E-state index in [1.165, 1.54) is 5.56 Å². The van der Waals surface area contributed by atoms with Crippen molar-refractivity contribution in [2.45, 2.75) is 18.8 Å². The molecule has 1 aromatic carbocycles. The zero-order chi connectivity index (χ0) is 17.6. The number of hydrogen-bond donors (Lipinski definition) is 1. The Kier molecular flexibility index (Phi) is 6.23. The maximum Gasteiger partial charge on any atom is 0.274 e. The summed E-state index contributed by atoms with van der Waals surface area (Å²) in [5, 5.41) is 7.24. The average molecular weight is 408 g/mol. The van der Waals surface area contributed by atoms with Gasteiger partial charge >= 0.3 is 0 Å². The van der Waals surface area contributed by atoms with E-state index in [4.69, 9.17) is 9.26 Å². The van der Waals surface area contributed by atoms with Gasteiger partial charge in [-0.3, -0.25) is 9.69 Å². The minimum atomic E-state index is -0.217. The SMILES string of the molecule is CCNC(=O)c1noc(CBr)c1-c1ccc(CN2CCOCC2)cc1. The van der Waals surface area contributed by atoms with Gasteiger partial charge in [0.2, 0.25) is 0 Å². The third-order valence-corrected chi connectivity index (χ3v) is 4.70. The van der Waals surface area contributed by atoms with Crippen molar-refractivity contribution in [3.8, 4) is 11.1 Å². The molecule has 3 rings (SSSR count). The maximum absolute atomic E-state index is 12.2. The van der Waals surface area contributed by atoms with Crippen LogP contribution in [0.25, 0.3) is 11.1 Å². The molecular formula is C18H22BrN3O3. The normalized spacial score (nSPS) is 15.3. The molecule has 25 heavy (non-hydrogen) atoms. The molecule has 0 radical (unpaired) electrons. The Balaban J connectivity index is 1.81. The molecule has 134 valence electrons. The summed E-state index contributed by atoms with van der Waals surface area (Å²) in [5.74, 6) is 0.438. The van der Waals surface area contributed by atoms with Gasteiger partial charge in [0.15, 0.2) is 11.5 Å². The molecule has 0 bridgehead atoms. The Hall–Kier alpha value is -1.70. The van der Waals surface area contributed by atoms with Gasteiger partial charge in [0.05, 0.1) is 24.1 Å². The molecule has 2 aromatic rings. The fourth-order valence-corrected chi connectivity index (χ4v) is 3.29. The van der Waals surface area contributed by atoms with E-state index in [2.05, 4.69) is 43.4 Å². The lowest BCUT2D eigenvalue weighted by Gasteiger charge is -2.26. The molecular weight excluding hydrogens is 386 g/mol. The van der Waals surface area contributed by atoms with E-state index in [1.807, 2.05) is 19.1 Å². The maximum atomic E-state index is 12.2. The van der Waals surface area contributed by atoms with Crippen LogP contribution < -0.4 is 5.32 Å². The van der Waals surface area contributed by atoms with Crippen molar-refractivity contribution >= 4 is 21.8 Å². The molecule has 0 aliphatic carbocycles. The number of carbonyl (C=O) groups excluding carboxylic acids is 1. The summed E-state index contributed by atoms with van der Waals surface area (Å²) in [7, 11) is 0. The molecule has 1 amide bonds. The molecule has 0 saturated carbocycles. The minimum absolute atomic E-state index is 0.217. The second-order valence-corrected chi connectivity index (χ2v) is 6.47. The van der Waals surface area contributed by atoms with E-state index in [-0.39, 0.29) is 5.91 Å². The fraction of sp³-hybridized carbons (Fsp3) is 0.444. The number of benzene rings is 1. The molecule has 1 aliphatic rings. The molecule has 0 unspecified atom stereocenters. The zero-order valence-electron chi connectivity index (χ0n) is 14.3. The third kappa shape index (κ3) is 4.29. The van der Waals surface area contributed by atoms with E-state index < -0.39 is 0 Å². The Labute approximate surface area is 155 Å². The van der Waals surface area contributed by atoms with Crippen molar-refractivity contribution in [2.24, 2.45) is 0 Å². The summed E-state index contributed by atoms with van der Waals surface area (Å²) in [5.41, 5.74) is 3.25. The van der Waals surface area contributed by atoms with Gasteiger partial charge in [0.1, 0.15) is 0 Å². The second-order valence-electron chi connectivity index (χ2n) is 5.91. The highest BCUT2D eigenvalue weighted by Gasteiger charge is 2.22. The first-order valence-electron chi connectivity index (χ1n) is 8.45. The summed E-state index contributed by atoms with van der Waals surface area (Å²) < 4.78 is 10.7. The highest BCUT2D eigenvalue weighted by Crippen LogP contribution is 2.30. The van der Waals surface area contributed by atoms with Crippen LogP contribution in [0.3, 0.4) is 0 Å². The fourth-order valence-electron chi connectivity index (χ4n) is 2.91. The first-order valence-corrected chi connectivity index (χ1v) is 9.57. The third-order valence-electron chi connectivity index (χ3n) is 4.19. The van der Waals surface area contributed by atoms with Crippen molar-refractivity contribution in [1.82, 2.24) is 15.4 Å². The minimum Gasteiger partial charge on any atom is -0.379 e. The number of aromatic nitrogens is 1.